The van der Waals surface area contributed by atoms with Crippen LogP contribution < -0.4 is 5.32 Å². The van der Waals surface area contributed by atoms with E-state index in [4.69, 9.17) is 4.74 Å². The van der Waals surface area contributed by atoms with E-state index in [1.54, 1.807) is 7.05 Å². The number of carbonyl (C=O) groups is 1. The van der Waals surface area contributed by atoms with Gasteiger partial charge >= 0.3 is 0 Å². The Morgan fingerprint density at radius 1 is 1.44 bits per heavy atom. The summed E-state index contributed by atoms with van der Waals surface area (Å²) in [5.41, 5.74) is 0.0988. The molecule has 2 rings (SSSR count). The van der Waals surface area contributed by atoms with Gasteiger partial charge in [-0.1, -0.05) is 0 Å². The van der Waals surface area contributed by atoms with Crippen LogP contribution in [0, 0.1) is 17.6 Å². The minimum absolute atomic E-state index is 0.0471. The molecule has 1 saturated heterocycles. The summed E-state index contributed by atoms with van der Waals surface area (Å²) in [7, 11) is 1.75. The summed E-state index contributed by atoms with van der Waals surface area (Å²) in [6, 6.07) is 3.10. The first kappa shape index (κ1) is 13.1. The Balaban J connectivity index is 2.09. The SMILES string of the molecule is CNC1COCC1C(=O)Cc1cc(F)ccc1F. The largest absolute Gasteiger partial charge is 0.379 e. The van der Waals surface area contributed by atoms with Crippen molar-refractivity contribution < 1.29 is 18.3 Å². The molecule has 0 spiro atoms. The predicted molar refractivity (Wildman–Crippen MR) is 62.2 cm³/mol. The molecule has 5 heteroatoms. The third kappa shape index (κ3) is 2.73. The molecule has 1 aromatic carbocycles. The molecule has 2 atom stereocenters. The Hall–Kier alpha value is -1.33. The van der Waals surface area contributed by atoms with Gasteiger partial charge in [0, 0.05) is 12.5 Å². The first-order valence-electron chi connectivity index (χ1n) is 5.83. The molecular weight excluding hydrogens is 240 g/mol. The van der Waals surface area contributed by atoms with E-state index in [2.05, 4.69) is 5.32 Å². The van der Waals surface area contributed by atoms with Gasteiger partial charge < -0.3 is 10.1 Å². The molecule has 98 valence electrons. The first-order chi connectivity index (χ1) is 8.61. The molecule has 1 N–H and O–H groups in total. The highest BCUT2D eigenvalue weighted by molar-refractivity contribution is 5.84. The zero-order valence-corrected chi connectivity index (χ0v) is 10.1. The van der Waals surface area contributed by atoms with Crippen LogP contribution in [0.2, 0.25) is 0 Å². The predicted octanol–water partition coefficient (Wildman–Crippen LogP) is 1.31. The van der Waals surface area contributed by atoms with E-state index in [0.29, 0.717) is 13.2 Å². The fraction of sp³-hybridized carbons (Fsp3) is 0.462. The molecule has 1 heterocycles. The van der Waals surface area contributed by atoms with Crippen molar-refractivity contribution >= 4 is 5.78 Å². The van der Waals surface area contributed by atoms with E-state index in [-0.39, 0.29) is 29.7 Å². The maximum absolute atomic E-state index is 13.4. The molecule has 1 fully saturated rings. The number of carbonyl (C=O) groups excluding carboxylic acids is 1. The quantitative estimate of drug-likeness (QED) is 0.881. The van der Waals surface area contributed by atoms with Gasteiger partial charge in [0.1, 0.15) is 17.4 Å². The Labute approximate surface area is 104 Å². The zero-order chi connectivity index (χ0) is 13.1. The Bertz CT molecular complexity index is 451. The van der Waals surface area contributed by atoms with Crippen LogP contribution in [0.4, 0.5) is 8.78 Å². The standard InChI is InChI=1S/C13H15F2NO2/c1-16-12-7-18-6-10(12)13(17)5-8-4-9(14)2-3-11(8)15/h2-4,10,12,16H,5-7H2,1H3. The van der Waals surface area contributed by atoms with E-state index in [1.807, 2.05) is 0 Å². The van der Waals surface area contributed by atoms with Gasteiger partial charge in [-0.25, -0.2) is 8.78 Å². The molecule has 2 unspecified atom stereocenters. The van der Waals surface area contributed by atoms with Crippen molar-refractivity contribution in [1.82, 2.24) is 5.32 Å². The van der Waals surface area contributed by atoms with Crippen LogP contribution in [-0.4, -0.2) is 32.1 Å². The van der Waals surface area contributed by atoms with Crippen molar-refractivity contribution in [2.24, 2.45) is 5.92 Å². The van der Waals surface area contributed by atoms with Gasteiger partial charge in [0.15, 0.2) is 0 Å². The number of halogens is 2. The van der Waals surface area contributed by atoms with E-state index in [1.165, 1.54) is 0 Å². The van der Waals surface area contributed by atoms with Crippen LogP contribution in [0.1, 0.15) is 5.56 Å². The lowest BCUT2D eigenvalue weighted by Gasteiger charge is -2.15. The van der Waals surface area contributed by atoms with Crippen molar-refractivity contribution in [3.05, 3.63) is 35.4 Å². The van der Waals surface area contributed by atoms with Crippen molar-refractivity contribution in [2.75, 3.05) is 20.3 Å². The van der Waals surface area contributed by atoms with Crippen molar-refractivity contribution in [2.45, 2.75) is 12.5 Å². The lowest BCUT2D eigenvalue weighted by Crippen LogP contribution is -2.37. The normalized spacial score (nSPS) is 23.3. The number of Topliss-reactive ketones (excluding diaryl/α,β-unsaturated/α-hetero) is 1. The van der Waals surface area contributed by atoms with Gasteiger partial charge in [0.25, 0.3) is 0 Å². The highest BCUT2D eigenvalue weighted by Gasteiger charge is 2.32. The fourth-order valence-electron chi connectivity index (χ4n) is 2.15. The molecule has 1 aromatic rings. The number of likely N-dealkylation sites (N-methyl/N-ethyl adjacent to an activating group) is 1. The van der Waals surface area contributed by atoms with Crippen LogP contribution in [0.15, 0.2) is 18.2 Å². The molecule has 1 aliphatic rings. The molecule has 0 amide bonds. The van der Waals surface area contributed by atoms with E-state index in [0.717, 1.165) is 18.2 Å². The Morgan fingerprint density at radius 3 is 2.94 bits per heavy atom. The van der Waals surface area contributed by atoms with Crippen LogP contribution >= 0.6 is 0 Å². The second-order valence-corrected chi connectivity index (χ2v) is 4.42. The van der Waals surface area contributed by atoms with Gasteiger partial charge in [0.2, 0.25) is 0 Å². The molecule has 0 aromatic heterocycles. The minimum atomic E-state index is -0.551. The van der Waals surface area contributed by atoms with Crippen LogP contribution in [0.3, 0.4) is 0 Å². The molecule has 0 bridgehead atoms. The molecule has 1 aliphatic heterocycles. The molecule has 0 aliphatic carbocycles. The van der Waals surface area contributed by atoms with Gasteiger partial charge in [-0.05, 0) is 30.8 Å². The number of rotatable bonds is 4. The summed E-state index contributed by atoms with van der Waals surface area (Å²) in [5, 5.41) is 2.99. The molecule has 0 saturated carbocycles. The summed E-state index contributed by atoms with van der Waals surface area (Å²) in [4.78, 5) is 12.0. The highest BCUT2D eigenvalue weighted by atomic mass is 19.1. The second-order valence-electron chi connectivity index (χ2n) is 4.42. The first-order valence-corrected chi connectivity index (χ1v) is 5.83. The third-order valence-electron chi connectivity index (χ3n) is 3.24. The second kappa shape index (κ2) is 5.54. The summed E-state index contributed by atoms with van der Waals surface area (Å²) < 4.78 is 31.7. The lowest BCUT2D eigenvalue weighted by atomic mass is 9.93. The maximum Gasteiger partial charge on any atom is 0.144 e. The number of hydrogen-bond donors (Lipinski definition) is 1. The summed E-state index contributed by atoms with van der Waals surface area (Å²) in [5.74, 6) is -1.51. The number of benzene rings is 1. The number of ketones is 1. The highest BCUT2D eigenvalue weighted by Crippen LogP contribution is 2.18. The van der Waals surface area contributed by atoms with E-state index >= 15 is 0 Å². The monoisotopic (exact) mass is 255 g/mol. The molecule has 18 heavy (non-hydrogen) atoms. The average Bonchev–Trinajstić information content (AvgIpc) is 2.82. The zero-order valence-electron chi connectivity index (χ0n) is 10.1. The Kier molecular flexibility index (Phi) is 4.04. The topological polar surface area (TPSA) is 38.3 Å². The van der Waals surface area contributed by atoms with Gasteiger partial charge in [-0.15, -0.1) is 0 Å². The summed E-state index contributed by atoms with van der Waals surface area (Å²) >= 11 is 0. The fourth-order valence-corrected chi connectivity index (χ4v) is 2.15. The van der Waals surface area contributed by atoms with Gasteiger partial charge in [0.05, 0.1) is 19.1 Å². The van der Waals surface area contributed by atoms with Crippen molar-refractivity contribution in [3.63, 3.8) is 0 Å². The van der Waals surface area contributed by atoms with E-state index in [9.17, 15) is 13.6 Å². The lowest BCUT2D eigenvalue weighted by molar-refractivity contribution is -0.122. The van der Waals surface area contributed by atoms with Crippen LogP contribution in [-0.2, 0) is 16.0 Å². The van der Waals surface area contributed by atoms with Gasteiger partial charge in [-0.3, -0.25) is 4.79 Å². The minimum Gasteiger partial charge on any atom is -0.379 e. The summed E-state index contributed by atoms with van der Waals surface area (Å²) in [6.45, 7) is 0.805. The van der Waals surface area contributed by atoms with Crippen molar-refractivity contribution in [1.29, 1.82) is 0 Å². The third-order valence-corrected chi connectivity index (χ3v) is 3.24. The van der Waals surface area contributed by atoms with E-state index < -0.39 is 11.6 Å². The van der Waals surface area contributed by atoms with Crippen LogP contribution in [0.5, 0.6) is 0 Å². The molecular formula is C13H15F2NO2. The number of ether oxygens (including phenoxy) is 1. The number of nitrogens with one attached hydrogen (secondary N) is 1. The number of hydrogen-bond acceptors (Lipinski definition) is 3. The van der Waals surface area contributed by atoms with Crippen LogP contribution in [0.25, 0.3) is 0 Å². The molecule has 3 nitrogen and oxygen atoms in total. The van der Waals surface area contributed by atoms with Gasteiger partial charge in [-0.2, -0.15) is 0 Å². The summed E-state index contributed by atoms with van der Waals surface area (Å²) in [6.07, 6.45) is -0.101. The van der Waals surface area contributed by atoms with Crippen molar-refractivity contribution in [3.8, 4) is 0 Å². The Morgan fingerprint density at radius 2 is 2.22 bits per heavy atom. The molecule has 0 radical (unpaired) electrons. The smallest absolute Gasteiger partial charge is 0.144 e. The average molecular weight is 255 g/mol. The maximum atomic E-state index is 13.4.